The average molecular weight is 620 g/mol. The predicted octanol–water partition coefficient (Wildman–Crippen LogP) is 7.18. The molecule has 0 unspecified atom stereocenters. The minimum atomic E-state index is -0.910. The van der Waals surface area contributed by atoms with E-state index in [-0.39, 0.29) is 23.3 Å². The summed E-state index contributed by atoms with van der Waals surface area (Å²) in [5.74, 6) is -2.36. The molecule has 2 aliphatic rings. The van der Waals surface area contributed by atoms with Crippen LogP contribution in [0.5, 0.6) is 0 Å². The molecule has 0 fully saturated rings. The van der Waals surface area contributed by atoms with E-state index < -0.39 is 11.8 Å². The van der Waals surface area contributed by atoms with Crippen LogP contribution in [-0.4, -0.2) is 33.5 Å². The molecule has 220 valence electrons. The van der Waals surface area contributed by atoms with Crippen molar-refractivity contribution in [2.24, 2.45) is 0 Å². The maximum atomic E-state index is 13.5. The first kappa shape index (κ1) is 27.5. The summed E-state index contributed by atoms with van der Waals surface area (Å²) in [5, 5.41) is 6.52. The second-order valence-electron chi connectivity index (χ2n) is 11.1. The number of nitrogens with zero attached hydrogens (tertiary/aromatic N) is 1. The lowest BCUT2D eigenvalue weighted by Gasteiger charge is -2.19. The van der Waals surface area contributed by atoms with Gasteiger partial charge in [-0.05, 0) is 65.6 Å². The van der Waals surface area contributed by atoms with E-state index in [2.05, 4.69) is 15.0 Å². The lowest BCUT2D eigenvalue weighted by Crippen LogP contribution is -2.18. The van der Waals surface area contributed by atoms with Gasteiger partial charge in [0.1, 0.15) is 5.92 Å². The summed E-state index contributed by atoms with van der Waals surface area (Å²) in [5.41, 5.74) is 5.31. The van der Waals surface area contributed by atoms with Crippen molar-refractivity contribution in [1.82, 2.24) is 4.37 Å². The van der Waals surface area contributed by atoms with Gasteiger partial charge in [0.25, 0.3) is 11.8 Å². The Morgan fingerprint density at radius 2 is 1.20 bits per heavy atom. The van der Waals surface area contributed by atoms with Crippen LogP contribution in [-0.2, 0) is 0 Å². The largest absolute Gasteiger partial charge is 0.322 e. The van der Waals surface area contributed by atoms with Gasteiger partial charge in [0.05, 0.1) is 21.6 Å². The number of rotatable bonds is 5. The van der Waals surface area contributed by atoms with Gasteiger partial charge in [0.15, 0.2) is 17.3 Å². The molecule has 1 heterocycles. The highest BCUT2D eigenvalue weighted by Gasteiger charge is 2.39. The molecule has 0 spiro atoms. The lowest BCUT2D eigenvalue weighted by molar-refractivity contribution is 0.0888. The van der Waals surface area contributed by atoms with Gasteiger partial charge in [0.2, 0.25) is 0 Å². The van der Waals surface area contributed by atoms with Crippen LogP contribution in [0.1, 0.15) is 68.8 Å². The summed E-state index contributed by atoms with van der Waals surface area (Å²) in [6.45, 7) is 0. The van der Waals surface area contributed by atoms with Crippen molar-refractivity contribution in [2.75, 3.05) is 10.6 Å². The van der Waals surface area contributed by atoms with Crippen molar-refractivity contribution in [3.63, 3.8) is 0 Å². The van der Waals surface area contributed by atoms with Crippen LogP contribution in [0.25, 0.3) is 21.3 Å². The first-order valence-corrected chi connectivity index (χ1v) is 15.2. The normalized spacial score (nSPS) is 13.4. The standard InChI is InChI=1S/C37H21N3O5S/c41-33-23-5-1-2-6-24(23)34(42)29(33)19-11-13-20(14-12-19)36(44)38-22-17-15-21(16-18-22)37(45)39-27-9-3-7-25-30(27)35(43)26-8-4-10-28-31(26)32(25)40-46-28/h1-18,29H,(H,38,44)(H,39,45). The first-order valence-electron chi connectivity index (χ1n) is 14.5. The third-order valence-electron chi connectivity index (χ3n) is 8.43. The quantitative estimate of drug-likeness (QED) is 0.197. The summed E-state index contributed by atoms with van der Waals surface area (Å²) in [6, 6.07) is 30.4. The van der Waals surface area contributed by atoms with Crippen LogP contribution in [0.3, 0.4) is 0 Å². The fourth-order valence-electron chi connectivity index (χ4n) is 6.17. The Morgan fingerprint density at radius 1 is 0.609 bits per heavy atom. The van der Waals surface area contributed by atoms with Crippen LogP contribution in [0.15, 0.2) is 109 Å². The van der Waals surface area contributed by atoms with Crippen LogP contribution in [0.2, 0.25) is 0 Å². The van der Waals surface area contributed by atoms with Gasteiger partial charge >= 0.3 is 0 Å². The third kappa shape index (κ3) is 4.28. The molecular formula is C37H21N3O5S. The lowest BCUT2D eigenvalue weighted by atomic mass is 9.86. The Labute approximate surface area is 265 Å². The number of hydrogen-bond acceptors (Lipinski definition) is 7. The number of fused-ring (bicyclic) bond motifs is 3. The number of nitrogens with one attached hydrogen (secondary N) is 2. The van der Waals surface area contributed by atoms with E-state index >= 15 is 0 Å². The Hall–Kier alpha value is -6.06. The molecule has 0 radical (unpaired) electrons. The fraction of sp³-hybridized carbons (Fsp3) is 0.0270. The van der Waals surface area contributed by atoms with E-state index in [1.54, 1.807) is 91.0 Å². The second kappa shape index (κ2) is 10.5. The van der Waals surface area contributed by atoms with Crippen molar-refractivity contribution in [3.8, 4) is 11.3 Å². The Morgan fingerprint density at radius 3 is 1.89 bits per heavy atom. The minimum Gasteiger partial charge on any atom is -0.322 e. The molecule has 0 atom stereocenters. The van der Waals surface area contributed by atoms with Crippen molar-refractivity contribution in [3.05, 3.63) is 148 Å². The molecule has 8 rings (SSSR count). The van der Waals surface area contributed by atoms with Gasteiger partial charge in [-0.3, -0.25) is 24.0 Å². The molecule has 0 saturated carbocycles. The Kier molecular flexibility index (Phi) is 6.30. The molecule has 2 N–H and O–H groups in total. The number of benzene rings is 5. The number of carbonyl (C=O) groups excluding carboxylic acids is 5. The summed E-state index contributed by atoms with van der Waals surface area (Å²) < 4.78 is 5.52. The molecule has 0 aliphatic heterocycles. The summed E-state index contributed by atoms with van der Waals surface area (Å²) in [6.07, 6.45) is 0. The number of hydrogen-bond donors (Lipinski definition) is 2. The van der Waals surface area contributed by atoms with Crippen LogP contribution in [0.4, 0.5) is 11.4 Å². The average Bonchev–Trinajstić information content (AvgIpc) is 3.63. The maximum Gasteiger partial charge on any atom is 0.255 e. The van der Waals surface area contributed by atoms with Crippen LogP contribution in [0, 0.1) is 0 Å². The van der Waals surface area contributed by atoms with Crippen molar-refractivity contribution in [2.45, 2.75) is 5.92 Å². The third-order valence-corrected chi connectivity index (χ3v) is 9.24. The smallest absolute Gasteiger partial charge is 0.255 e. The number of amides is 2. The molecule has 2 amide bonds. The fourth-order valence-corrected chi connectivity index (χ4v) is 6.99. The summed E-state index contributed by atoms with van der Waals surface area (Å²) in [7, 11) is 0. The molecule has 0 bridgehead atoms. The number of aromatic nitrogens is 1. The zero-order valence-electron chi connectivity index (χ0n) is 23.9. The van der Waals surface area contributed by atoms with E-state index in [0.717, 1.165) is 15.8 Å². The zero-order chi connectivity index (χ0) is 31.5. The Bertz CT molecular complexity index is 2270. The maximum absolute atomic E-state index is 13.5. The van der Waals surface area contributed by atoms with Gasteiger partial charge in [-0.25, -0.2) is 0 Å². The molecule has 0 saturated heterocycles. The van der Waals surface area contributed by atoms with Crippen molar-refractivity contribution >= 4 is 62.2 Å². The van der Waals surface area contributed by atoms with E-state index in [4.69, 9.17) is 0 Å². The number of anilines is 2. The SMILES string of the molecule is O=C(Nc1ccc(C(=O)Nc2cccc3c2C(=O)c2cccc4snc-3c24)cc1)c1ccc(C2C(=O)c3ccccc3C2=O)cc1. The molecule has 6 aromatic rings. The summed E-state index contributed by atoms with van der Waals surface area (Å²) >= 11 is 1.34. The van der Waals surface area contributed by atoms with Crippen molar-refractivity contribution in [1.29, 1.82) is 0 Å². The van der Waals surface area contributed by atoms with Gasteiger partial charge in [0, 0.05) is 44.5 Å². The molecule has 2 aliphatic carbocycles. The highest BCUT2D eigenvalue weighted by Crippen LogP contribution is 2.43. The topological polar surface area (TPSA) is 122 Å². The van der Waals surface area contributed by atoms with Crippen LogP contribution >= 0.6 is 11.5 Å². The van der Waals surface area contributed by atoms with E-state index in [1.165, 1.54) is 11.5 Å². The highest BCUT2D eigenvalue weighted by molar-refractivity contribution is 7.13. The molecular weight excluding hydrogens is 598 g/mol. The number of Topliss-reactive ketones (excluding diaryl/α,β-unsaturated/α-hetero) is 2. The summed E-state index contributed by atoms with van der Waals surface area (Å²) in [4.78, 5) is 65.4. The Balaban J connectivity index is 0.961. The van der Waals surface area contributed by atoms with Gasteiger partial charge in [-0.1, -0.05) is 60.7 Å². The molecule has 9 heteroatoms. The first-order chi connectivity index (χ1) is 22.4. The zero-order valence-corrected chi connectivity index (χ0v) is 24.7. The van der Waals surface area contributed by atoms with Gasteiger partial charge < -0.3 is 10.6 Å². The van der Waals surface area contributed by atoms with Gasteiger partial charge in [-0.15, -0.1) is 0 Å². The van der Waals surface area contributed by atoms with E-state index in [0.29, 0.717) is 55.9 Å². The molecule has 1 aromatic heterocycles. The van der Waals surface area contributed by atoms with E-state index in [9.17, 15) is 24.0 Å². The molecule has 46 heavy (non-hydrogen) atoms. The second-order valence-corrected chi connectivity index (χ2v) is 11.9. The minimum absolute atomic E-state index is 0.165. The van der Waals surface area contributed by atoms with E-state index in [1.807, 2.05) is 18.2 Å². The molecule has 5 aromatic carbocycles. The highest BCUT2D eigenvalue weighted by atomic mass is 32.1. The number of carbonyl (C=O) groups is 5. The monoisotopic (exact) mass is 619 g/mol. The van der Waals surface area contributed by atoms with Gasteiger partial charge in [-0.2, -0.15) is 4.37 Å². The predicted molar refractivity (Wildman–Crippen MR) is 175 cm³/mol. The molecule has 8 nitrogen and oxygen atoms in total. The van der Waals surface area contributed by atoms with Crippen molar-refractivity contribution < 1.29 is 24.0 Å². The van der Waals surface area contributed by atoms with Crippen LogP contribution < -0.4 is 10.6 Å². The number of ketones is 3.